The third-order valence-corrected chi connectivity index (χ3v) is 5.47. The second-order valence-corrected chi connectivity index (χ2v) is 7.89. The Morgan fingerprint density at radius 3 is 2.47 bits per heavy atom. The Bertz CT molecular complexity index is 1760. The van der Waals surface area contributed by atoms with Gasteiger partial charge in [-0.1, -0.05) is 5.21 Å². The lowest BCUT2D eigenvalue weighted by Crippen LogP contribution is -2.22. The molecule has 0 bridgehead atoms. The van der Waals surface area contributed by atoms with E-state index < -0.39 is 23.2 Å². The van der Waals surface area contributed by atoms with Gasteiger partial charge >= 0.3 is 12.2 Å². The topological polar surface area (TPSA) is 156 Å². The van der Waals surface area contributed by atoms with Crippen molar-refractivity contribution in [3.8, 4) is 11.4 Å². The fourth-order valence-corrected chi connectivity index (χ4v) is 3.75. The van der Waals surface area contributed by atoms with Gasteiger partial charge in [0.05, 0.1) is 29.3 Å². The zero-order valence-electron chi connectivity index (χ0n) is 19.0. The second-order valence-electron chi connectivity index (χ2n) is 7.89. The smallest absolute Gasteiger partial charge is 0.416 e. The van der Waals surface area contributed by atoms with Gasteiger partial charge in [-0.25, -0.2) is 14.5 Å². The van der Waals surface area contributed by atoms with Gasteiger partial charge in [-0.05, 0) is 42.5 Å². The fraction of sp³-hybridized carbons (Fsp3) is 0.0435. The van der Waals surface area contributed by atoms with Crippen molar-refractivity contribution in [2.45, 2.75) is 6.18 Å². The molecule has 3 aromatic heterocycles. The van der Waals surface area contributed by atoms with Crippen molar-refractivity contribution in [1.82, 2.24) is 29.3 Å². The Morgan fingerprint density at radius 2 is 1.79 bits per heavy atom. The molecule has 0 aliphatic rings. The number of anilines is 2. The molecule has 3 heterocycles. The van der Waals surface area contributed by atoms with Crippen LogP contribution >= 0.6 is 0 Å². The fourth-order valence-electron chi connectivity index (χ4n) is 3.75. The molecule has 0 atom stereocenters. The predicted molar refractivity (Wildman–Crippen MR) is 127 cm³/mol. The lowest BCUT2D eigenvalue weighted by atomic mass is 10.1. The standard InChI is InChI=1S/C23H16F3N9O3/c24-23(25,26)13-1-6-17(34-10-8-29-32-34)16(11-13)31-22(37)30-14-2-4-15(5-3-14)33-9-7-18(36)19-20(27)28-12-35(38)21(19)33/h1-12,27,38H,(H2,30,31,37). The van der Waals surface area contributed by atoms with Gasteiger partial charge < -0.3 is 15.8 Å². The highest BCUT2D eigenvalue weighted by molar-refractivity contribution is 6.01. The molecule has 0 saturated carbocycles. The minimum atomic E-state index is -4.63. The van der Waals surface area contributed by atoms with E-state index in [0.29, 0.717) is 16.1 Å². The number of carbonyl (C=O) groups excluding carboxylic acids is 1. The summed E-state index contributed by atoms with van der Waals surface area (Å²) in [4.78, 5) is 28.5. The Morgan fingerprint density at radius 1 is 1.03 bits per heavy atom. The number of alkyl halides is 3. The summed E-state index contributed by atoms with van der Waals surface area (Å²) in [6, 6.07) is 9.39. The highest BCUT2D eigenvalue weighted by Crippen LogP contribution is 2.33. The van der Waals surface area contributed by atoms with Crippen LogP contribution in [0, 0.1) is 5.41 Å². The number of fused-ring (bicyclic) bond motifs is 1. The number of pyridine rings is 1. The Balaban J connectivity index is 1.41. The van der Waals surface area contributed by atoms with Crippen LogP contribution in [0.4, 0.5) is 29.3 Å². The largest absolute Gasteiger partial charge is 0.425 e. The SMILES string of the molecule is N=c1ncn(O)c2c1c(=O)ccn2-c1ccc(NC(=O)Nc2cc(C(F)(F)F)ccc2-n2ccnn2)cc1. The third-order valence-electron chi connectivity index (χ3n) is 5.47. The van der Waals surface area contributed by atoms with E-state index in [1.807, 2.05) is 0 Å². The normalized spacial score (nSPS) is 11.4. The number of halogens is 3. The van der Waals surface area contributed by atoms with Gasteiger partial charge in [-0.15, -0.1) is 5.10 Å². The lowest BCUT2D eigenvalue weighted by Gasteiger charge is -2.15. The van der Waals surface area contributed by atoms with Gasteiger partial charge in [0.2, 0.25) is 0 Å². The van der Waals surface area contributed by atoms with E-state index in [0.717, 1.165) is 18.5 Å². The molecule has 2 amide bonds. The molecule has 0 aliphatic carbocycles. The number of hydrogen-bond acceptors (Lipinski definition) is 7. The molecule has 2 aromatic carbocycles. The molecule has 0 fully saturated rings. The van der Waals surface area contributed by atoms with Crippen molar-refractivity contribution in [1.29, 1.82) is 5.41 Å². The number of nitrogens with one attached hydrogen (secondary N) is 3. The van der Waals surface area contributed by atoms with E-state index in [2.05, 4.69) is 25.9 Å². The maximum Gasteiger partial charge on any atom is 0.416 e. The van der Waals surface area contributed by atoms with E-state index in [4.69, 9.17) is 5.41 Å². The zero-order valence-corrected chi connectivity index (χ0v) is 19.0. The molecule has 0 aliphatic heterocycles. The van der Waals surface area contributed by atoms with Crippen LogP contribution in [0.25, 0.3) is 22.4 Å². The Kier molecular flexibility index (Phi) is 5.87. The zero-order chi connectivity index (χ0) is 27.0. The molecule has 12 nitrogen and oxygen atoms in total. The Hall–Kier alpha value is -5.47. The Labute approximate surface area is 209 Å². The maximum absolute atomic E-state index is 13.3. The van der Waals surface area contributed by atoms with Crippen LogP contribution < -0.4 is 21.6 Å². The first-order valence-corrected chi connectivity index (χ1v) is 10.7. The summed E-state index contributed by atoms with van der Waals surface area (Å²) in [5.74, 6) is 0. The van der Waals surface area contributed by atoms with E-state index in [1.54, 1.807) is 12.1 Å². The number of nitrogens with zero attached hydrogens (tertiary/aromatic N) is 6. The van der Waals surface area contributed by atoms with Gasteiger partial charge in [-0.2, -0.15) is 17.9 Å². The first-order chi connectivity index (χ1) is 18.1. The third kappa shape index (κ3) is 4.55. The van der Waals surface area contributed by atoms with E-state index in [1.165, 1.54) is 52.1 Å². The molecular formula is C23H16F3N9O3. The van der Waals surface area contributed by atoms with Crippen molar-refractivity contribution in [3.63, 3.8) is 0 Å². The number of amides is 2. The monoisotopic (exact) mass is 523 g/mol. The van der Waals surface area contributed by atoms with Gasteiger partial charge in [-0.3, -0.25) is 14.8 Å². The first-order valence-electron chi connectivity index (χ1n) is 10.7. The van der Waals surface area contributed by atoms with Crippen LogP contribution in [0.5, 0.6) is 0 Å². The highest BCUT2D eigenvalue weighted by Gasteiger charge is 2.31. The maximum atomic E-state index is 13.3. The molecule has 5 rings (SSSR count). The van der Waals surface area contributed by atoms with E-state index >= 15 is 0 Å². The summed E-state index contributed by atoms with van der Waals surface area (Å²) < 4.78 is 43.1. The van der Waals surface area contributed by atoms with Crippen molar-refractivity contribution in [3.05, 3.63) is 94.7 Å². The molecule has 0 radical (unpaired) electrons. The summed E-state index contributed by atoms with van der Waals surface area (Å²) in [6.45, 7) is 0. The minimum Gasteiger partial charge on any atom is -0.425 e. The molecule has 0 saturated heterocycles. The quantitative estimate of drug-likeness (QED) is 0.265. The van der Waals surface area contributed by atoms with Gasteiger partial charge in [0, 0.05) is 23.6 Å². The molecule has 38 heavy (non-hydrogen) atoms. The van der Waals surface area contributed by atoms with E-state index in [-0.39, 0.29) is 27.9 Å². The van der Waals surface area contributed by atoms with Gasteiger partial charge in [0.1, 0.15) is 11.7 Å². The highest BCUT2D eigenvalue weighted by atomic mass is 19.4. The molecule has 0 spiro atoms. The summed E-state index contributed by atoms with van der Waals surface area (Å²) in [6.07, 6.45) is 0.530. The molecule has 5 aromatic rings. The molecule has 192 valence electrons. The van der Waals surface area contributed by atoms with Crippen LogP contribution in [0.1, 0.15) is 5.56 Å². The number of benzene rings is 2. The van der Waals surface area contributed by atoms with Crippen LogP contribution in [0.2, 0.25) is 0 Å². The summed E-state index contributed by atoms with van der Waals surface area (Å²) in [5, 5.41) is 30.3. The second kappa shape index (κ2) is 9.20. The van der Waals surface area contributed by atoms with Crippen molar-refractivity contribution < 1.29 is 23.2 Å². The van der Waals surface area contributed by atoms with Crippen LogP contribution in [-0.2, 0) is 6.18 Å². The number of hydrogen-bond donors (Lipinski definition) is 4. The average molecular weight is 523 g/mol. The van der Waals surface area contributed by atoms with Gasteiger partial charge in [0.25, 0.3) is 0 Å². The molecule has 0 unspecified atom stereocenters. The van der Waals surface area contributed by atoms with Crippen LogP contribution in [0.3, 0.4) is 0 Å². The minimum absolute atomic E-state index is 0.0149. The van der Waals surface area contributed by atoms with E-state index in [9.17, 15) is 28.0 Å². The number of aromatic nitrogens is 6. The number of rotatable bonds is 4. The predicted octanol–water partition coefficient (Wildman–Crippen LogP) is 3.15. The van der Waals surface area contributed by atoms with Crippen LogP contribution in [-0.4, -0.2) is 40.5 Å². The lowest BCUT2D eigenvalue weighted by molar-refractivity contribution is -0.137. The number of urea groups is 1. The molecular weight excluding hydrogens is 507 g/mol. The number of carbonyl (C=O) groups is 1. The summed E-state index contributed by atoms with van der Waals surface area (Å²) in [5.41, 5.74) is -0.946. The van der Waals surface area contributed by atoms with Crippen molar-refractivity contribution in [2.75, 3.05) is 10.6 Å². The summed E-state index contributed by atoms with van der Waals surface area (Å²) >= 11 is 0. The van der Waals surface area contributed by atoms with Crippen molar-refractivity contribution in [2.24, 2.45) is 0 Å². The van der Waals surface area contributed by atoms with Gasteiger partial charge in [0.15, 0.2) is 16.6 Å². The average Bonchev–Trinajstić information content (AvgIpc) is 3.41. The summed E-state index contributed by atoms with van der Waals surface area (Å²) in [7, 11) is 0. The molecule has 15 heteroatoms. The molecule has 4 N–H and O–H groups in total. The van der Waals surface area contributed by atoms with Crippen molar-refractivity contribution >= 4 is 28.4 Å². The first kappa shape index (κ1) is 24.2. The van der Waals surface area contributed by atoms with Crippen LogP contribution in [0.15, 0.2) is 78.2 Å².